The fraction of sp³-hybridized carbons (Fsp3) is 0.421. The molecule has 0 aliphatic carbocycles. The number of halogens is 1. The van der Waals surface area contributed by atoms with E-state index >= 15 is 0 Å². The quantitative estimate of drug-likeness (QED) is 0.794. The molecular formula is C19H24BrN3O2. The van der Waals surface area contributed by atoms with Crippen molar-refractivity contribution in [1.82, 2.24) is 10.3 Å². The fourth-order valence-corrected chi connectivity index (χ4v) is 3.60. The number of benzene rings is 1. The number of pyridine rings is 1. The van der Waals surface area contributed by atoms with Gasteiger partial charge in [0.1, 0.15) is 5.82 Å². The monoisotopic (exact) mass is 405 g/mol. The van der Waals surface area contributed by atoms with Crippen molar-refractivity contribution in [2.24, 2.45) is 0 Å². The van der Waals surface area contributed by atoms with Crippen LogP contribution in [-0.4, -0.2) is 38.3 Å². The van der Waals surface area contributed by atoms with Crippen LogP contribution in [-0.2, 0) is 6.54 Å². The zero-order valence-electron chi connectivity index (χ0n) is 14.7. The third-order valence-corrected chi connectivity index (χ3v) is 5.34. The summed E-state index contributed by atoms with van der Waals surface area (Å²) >= 11 is 3.62. The molecule has 1 saturated heterocycles. The molecule has 0 unspecified atom stereocenters. The van der Waals surface area contributed by atoms with Gasteiger partial charge in [-0.2, -0.15) is 0 Å². The van der Waals surface area contributed by atoms with Gasteiger partial charge in [-0.15, -0.1) is 0 Å². The van der Waals surface area contributed by atoms with Crippen molar-refractivity contribution in [1.29, 1.82) is 0 Å². The molecule has 0 saturated carbocycles. The van der Waals surface area contributed by atoms with Crippen LogP contribution in [0, 0.1) is 0 Å². The second kappa shape index (κ2) is 8.54. The van der Waals surface area contributed by atoms with E-state index in [9.17, 15) is 0 Å². The predicted molar refractivity (Wildman–Crippen MR) is 104 cm³/mol. The van der Waals surface area contributed by atoms with Crippen LogP contribution in [0.5, 0.6) is 11.5 Å². The van der Waals surface area contributed by atoms with Crippen molar-refractivity contribution >= 4 is 21.7 Å². The maximum atomic E-state index is 5.40. The van der Waals surface area contributed by atoms with Crippen LogP contribution in [0.25, 0.3) is 0 Å². The van der Waals surface area contributed by atoms with Crippen molar-refractivity contribution in [2.75, 3.05) is 32.2 Å². The number of rotatable bonds is 6. The Labute approximate surface area is 157 Å². The minimum atomic E-state index is 0.514. The molecular weight excluding hydrogens is 382 g/mol. The number of nitrogens with one attached hydrogen (secondary N) is 1. The van der Waals surface area contributed by atoms with Gasteiger partial charge in [0.2, 0.25) is 0 Å². The molecule has 6 heteroatoms. The van der Waals surface area contributed by atoms with E-state index in [1.54, 1.807) is 14.2 Å². The molecule has 0 amide bonds. The lowest BCUT2D eigenvalue weighted by Crippen LogP contribution is -2.42. The number of ether oxygens (including phenoxy) is 2. The van der Waals surface area contributed by atoms with Crippen molar-refractivity contribution in [3.8, 4) is 11.5 Å². The van der Waals surface area contributed by atoms with Gasteiger partial charge in [0, 0.05) is 36.3 Å². The summed E-state index contributed by atoms with van der Waals surface area (Å²) < 4.78 is 11.8. The maximum absolute atomic E-state index is 5.40. The molecule has 2 aromatic rings. The third-order valence-electron chi connectivity index (χ3n) is 4.60. The molecule has 0 spiro atoms. The van der Waals surface area contributed by atoms with Crippen molar-refractivity contribution in [3.05, 3.63) is 46.6 Å². The summed E-state index contributed by atoms with van der Waals surface area (Å²) in [6.45, 7) is 2.86. The Morgan fingerprint density at radius 2 is 1.88 bits per heavy atom. The number of nitrogens with zero attached hydrogens (tertiary/aromatic N) is 2. The lowest BCUT2D eigenvalue weighted by Gasteiger charge is -2.33. The Bertz CT molecular complexity index is 689. The molecule has 5 nitrogen and oxygen atoms in total. The van der Waals surface area contributed by atoms with E-state index in [2.05, 4.69) is 37.2 Å². The molecule has 1 aromatic carbocycles. The molecule has 2 heterocycles. The number of hydrogen-bond acceptors (Lipinski definition) is 5. The summed E-state index contributed by atoms with van der Waals surface area (Å²) in [7, 11) is 3.31. The fourth-order valence-electron chi connectivity index (χ4n) is 3.14. The maximum Gasteiger partial charge on any atom is 0.161 e. The standard InChI is InChI=1S/C19H24BrN3O2/c1-24-17-11-14(16(20)12-18(17)25-2)13-22-15-6-9-23(10-7-15)19-5-3-4-8-21-19/h3-5,8,11-12,15,22H,6-7,9-10,13H2,1-2H3. The number of piperidine rings is 1. The van der Waals surface area contributed by atoms with Crippen LogP contribution in [0.15, 0.2) is 41.0 Å². The first-order valence-corrected chi connectivity index (χ1v) is 9.30. The van der Waals surface area contributed by atoms with Crippen LogP contribution in [0.4, 0.5) is 5.82 Å². The molecule has 0 bridgehead atoms. The zero-order chi connectivity index (χ0) is 17.6. The summed E-state index contributed by atoms with van der Waals surface area (Å²) in [5.74, 6) is 2.57. The highest BCUT2D eigenvalue weighted by molar-refractivity contribution is 9.10. The Balaban J connectivity index is 1.55. The number of methoxy groups -OCH3 is 2. The predicted octanol–water partition coefficient (Wildman–Crippen LogP) is 3.62. The van der Waals surface area contributed by atoms with E-state index in [0.29, 0.717) is 6.04 Å². The number of aromatic nitrogens is 1. The van der Waals surface area contributed by atoms with Crippen LogP contribution in [0.1, 0.15) is 18.4 Å². The highest BCUT2D eigenvalue weighted by atomic mass is 79.9. The summed E-state index contributed by atoms with van der Waals surface area (Å²) in [6, 6.07) is 10.6. The third kappa shape index (κ3) is 4.44. The van der Waals surface area contributed by atoms with Crippen LogP contribution in [0.2, 0.25) is 0 Å². The van der Waals surface area contributed by atoms with Gasteiger partial charge in [-0.05, 0) is 42.7 Å². The Kier molecular flexibility index (Phi) is 6.15. The average Bonchev–Trinajstić information content (AvgIpc) is 2.68. The highest BCUT2D eigenvalue weighted by Gasteiger charge is 2.20. The summed E-state index contributed by atoms with van der Waals surface area (Å²) in [6.07, 6.45) is 4.08. The van der Waals surface area contributed by atoms with Crippen molar-refractivity contribution < 1.29 is 9.47 Å². The topological polar surface area (TPSA) is 46.6 Å². The molecule has 1 aromatic heterocycles. The van der Waals surface area contributed by atoms with Gasteiger partial charge in [0.25, 0.3) is 0 Å². The molecule has 134 valence electrons. The van der Waals surface area contributed by atoms with E-state index < -0.39 is 0 Å². The Morgan fingerprint density at radius 3 is 2.52 bits per heavy atom. The summed E-state index contributed by atoms with van der Waals surface area (Å²) in [5.41, 5.74) is 1.17. The smallest absolute Gasteiger partial charge is 0.161 e. The molecule has 25 heavy (non-hydrogen) atoms. The Morgan fingerprint density at radius 1 is 1.16 bits per heavy atom. The van der Waals surface area contributed by atoms with E-state index in [-0.39, 0.29) is 0 Å². The second-order valence-electron chi connectivity index (χ2n) is 6.13. The van der Waals surface area contributed by atoms with Gasteiger partial charge in [-0.25, -0.2) is 4.98 Å². The Hall–Kier alpha value is -1.79. The minimum absolute atomic E-state index is 0.514. The molecule has 1 fully saturated rings. The minimum Gasteiger partial charge on any atom is -0.493 e. The average molecular weight is 406 g/mol. The van der Waals surface area contributed by atoms with Gasteiger partial charge < -0.3 is 19.7 Å². The SMILES string of the molecule is COc1cc(Br)c(CNC2CCN(c3ccccn3)CC2)cc1OC. The van der Waals surface area contributed by atoms with Gasteiger partial charge in [0.05, 0.1) is 14.2 Å². The summed E-state index contributed by atoms with van der Waals surface area (Å²) in [5, 5.41) is 3.67. The number of hydrogen-bond donors (Lipinski definition) is 1. The number of anilines is 1. The first kappa shape index (κ1) is 18.0. The van der Waals surface area contributed by atoms with Gasteiger partial charge >= 0.3 is 0 Å². The highest BCUT2D eigenvalue weighted by Crippen LogP contribution is 2.33. The lowest BCUT2D eigenvalue weighted by molar-refractivity contribution is 0.353. The molecule has 1 aliphatic rings. The van der Waals surface area contributed by atoms with E-state index in [4.69, 9.17) is 9.47 Å². The van der Waals surface area contributed by atoms with Gasteiger partial charge in [-0.3, -0.25) is 0 Å². The molecule has 1 aliphatic heterocycles. The van der Waals surface area contributed by atoms with E-state index in [1.165, 1.54) is 5.56 Å². The van der Waals surface area contributed by atoms with Crippen LogP contribution >= 0.6 is 15.9 Å². The van der Waals surface area contributed by atoms with Crippen molar-refractivity contribution in [3.63, 3.8) is 0 Å². The van der Waals surface area contributed by atoms with Crippen molar-refractivity contribution in [2.45, 2.75) is 25.4 Å². The van der Waals surface area contributed by atoms with E-state index in [0.717, 1.165) is 54.3 Å². The normalized spacial score (nSPS) is 15.2. The first-order chi connectivity index (χ1) is 12.2. The van der Waals surface area contributed by atoms with Gasteiger partial charge in [-0.1, -0.05) is 22.0 Å². The van der Waals surface area contributed by atoms with Crippen LogP contribution < -0.4 is 19.7 Å². The van der Waals surface area contributed by atoms with Crippen LogP contribution in [0.3, 0.4) is 0 Å². The largest absolute Gasteiger partial charge is 0.493 e. The first-order valence-electron chi connectivity index (χ1n) is 8.51. The molecule has 3 rings (SSSR count). The zero-order valence-corrected chi connectivity index (χ0v) is 16.3. The van der Waals surface area contributed by atoms with E-state index in [1.807, 2.05) is 30.5 Å². The molecule has 1 N–H and O–H groups in total. The second-order valence-corrected chi connectivity index (χ2v) is 6.98. The summed E-state index contributed by atoms with van der Waals surface area (Å²) in [4.78, 5) is 6.79. The lowest BCUT2D eigenvalue weighted by atomic mass is 10.0. The molecule has 0 atom stereocenters. The molecule has 0 radical (unpaired) electrons. The van der Waals surface area contributed by atoms with Gasteiger partial charge in [0.15, 0.2) is 11.5 Å².